The lowest BCUT2D eigenvalue weighted by molar-refractivity contribution is 0.299. The van der Waals surface area contributed by atoms with E-state index in [0.29, 0.717) is 46.8 Å². The van der Waals surface area contributed by atoms with Gasteiger partial charge in [0.25, 0.3) is 0 Å². The summed E-state index contributed by atoms with van der Waals surface area (Å²) >= 11 is 0. The molecule has 2 atom stereocenters. The maximum absolute atomic E-state index is 14.9. The van der Waals surface area contributed by atoms with Gasteiger partial charge < -0.3 is 15.7 Å². The van der Waals surface area contributed by atoms with Gasteiger partial charge in [0, 0.05) is 31.5 Å². The average molecular weight is 464 g/mol. The average Bonchev–Trinajstić information content (AvgIpc) is 3.53. The van der Waals surface area contributed by atoms with Crippen LogP contribution in [0.3, 0.4) is 0 Å². The first kappa shape index (κ1) is 21.9. The van der Waals surface area contributed by atoms with Gasteiger partial charge in [-0.2, -0.15) is 10.4 Å². The van der Waals surface area contributed by atoms with Crippen molar-refractivity contribution in [2.45, 2.75) is 25.6 Å². The van der Waals surface area contributed by atoms with Crippen molar-refractivity contribution in [1.29, 1.82) is 5.26 Å². The van der Waals surface area contributed by atoms with Crippen LogP contribution in [0.2, 0.25) is 0 Å². The van der Waals surface area contributed by atoms with Crippen molar-refractivity contribution in [1.82, 2.24) is 30.0 Å². The quantitative estimate of drug-likeness (QED) is 0.345. The maximum Gasteiger partial charge on any atom is 0.171 e. The van der Waals surface area contributed by atoms with Crippen molar-refractivity contribution in [2.24, 2.45) is 0 Å². The van der Waals surface area contributed by atoms with E-state index in [4.69, 9.17) is 4.98 Å². The highest BCUT2D eigenvalue weighted by Gasteiger charge is 2.27. The van der Waals surface area contributed by atoms with Crippen molar-refractivity contribution >= 4 is 16.7 Å². The Hall–Kier alpha value is -3.88. The molecule has 0 amide bonds. The number of hydrogen-bond donors (Lipinski definition) is 4. The fraction of sp³-hybridized carbons (Fsp3) is 0.304. The Morgan fingerprint density at radius 3 is 2.91 bits per heavy atom. The summed E-state index contributed by atoms with van der Waals surface area (Å²) < 4.78 is 30.5. The summed E-state index contributed by atoms with van der Waals surface area (Å²) in [7, 11) is 0. The van der Waals surface area contributed by atoms with Gasteiger partial charge in [0.1, 0.15) is 30.2 Å². The van der Waals surface area contributed by atoms with Gasteiger partial charge in [-0.15, -0.1) is 0 Å². The Bertz CT molecular complexity index is 1410. The molecule has 3 aromatic heterocycles. The first-order valence-corrected chi connectivity index (χ1v) is 10.8. The zero-order valence-electron chi connectivity index (χ0n) is 18.3. The largest absolute Gasteiger partial charge is 0.396 e. The fourth-order valence-corrected chi connectivity index (χ4v) is 4.26. The molecule has 0 unspecified atom stereocenters. The third kappa shape index (κ3) is 3.76. The molecule has 0 bridgehead atoms. The van der Waals surface area contributed by atoms with Crippen LogP contribution in [0.15, 0.2) is 30.6 Å². The molecule has 0 saturated carbocycles. The number of rotatable bonds is 6. The number of H-pyrrole nitrogens is 1. The molecule has 34 heavy (non-hydrogen) atoms. The van der Waals surface area contributed by atoms with Crippen LogP contribution in [0.1, 0.15) is 17.0 Å². The standard InChI is InChI=1S/C23H22F2N8O/c1-12-22(18(8-26)32-31-12)23-13(4-5-34)2-3-21(30-23)33-11-28-17-7-16(14(24)6-20(17)33)29-19-10-27-9-15(19)25/h2-3,6-7,11,15,19,27,29,34H,4-5,9-10H2,1H3,(H,31,32)/t15-,19+/m1/s1. The summed E-state index contributed by atoms with van der Waals surface area (Å²) in [6, 6.07) is 8.01. The zero-order valence-corrected chi connectivity index (χ0v) is 18.3. The molecule has 1 saturated heterocycles. The number of aromatic amines is 1. The normalized spacial score (nSPS) is 17.9. The predicted molar refractivity (Wildman–Crippen MR) is 122 cm³/mol. The molecule has 0 spiro atoms. The number of pyridine rings is 1. The van der Waals surface area contributed by atoms with E-state index in [1.807, 2.05) is 6.07 Å². The Labute approximate surface area is 193 Å². The molecule has 4 heterocycles. The van der Waals surface area contributed by atoms with Gasteiger partial charge >= 0.3 is 0 Å². The summed E-state index contributed by atoms with van der Waals surface area (Å²) in [5, 5.41) is 31.7. The first-order chi connectivity index (χ1) is 16.5. The van der Waals surface area contributed by atoms with Gasteiger partial charge in [-0.05, 0) is 31.0 Å². The topological polar surface area (TPSA) is 127 Å². The lowest BCUT2D eigenvalue weighted by Crippen LogP contribution is -2.29. The molecule has 174 valence electrons. The summed E-state index contributed by atoms with van der Waals surface area (Å²) in [5.74, 6) is -0.0597. The number of fused-ring (bicyclic) bond motifs is 1. The Morgan fingerprint density at radius 2 is 2.18 bits per heavy atom. The van der Waals surface area contributed by atoms with E-state index in [9.17, 15) is 19.1 Å². The molecule has 1 fully saturated rings. The summed E-state index contributed by atoms with van der Waals surface area (Å²) in [4.78, 5) is 9.13. The molecular formula is C23H22F2N8O. The van der Waals surface area contributed by atoms with Crippen molar-refractivity contribution < 1.29 is 13.9 Å². The number of hydrogen-bond acceptors (Lipinski definition) is 7. The number of aliphatic hydroxyl groups is 1. The van der Waals surface area contributed by atoms with Crippen LogP contribution in [0.4, 0.5) is 14.5 Å². The lowest BCUT2D eigenvalue weighted by atomic mass is 10.0. The van der Waals surface area contributed by atoms with E-state index >= 15 is 0 Å². The monoisotopic (exact) mass is 464 g/mol. The number of anilines is 1. The van der Waals surface area contributed by atoms with Crippen molar-refractivity contribution in [3.8, 4) is 23.1 Å². The van der Waals surface area contributed by atoms with Crippen LogP contribution in [-0.2, 0) is 6.42 Å². The van der Waals surface area contributed by atoms with Gasteiger partial charge in [-0.25, -0.2) is 18.7 Å². The summed E-state index contributed by atoms with van der Waals surface area (Å²) in [5.41, 5.74) is 3.89. The maximum atomic E-state index is 14.9. The molecule has 1 aromatic carbocycles. The molecule has 1 aliphatic rings. The molecule has 11 heteroatoms. The Morgan fingerprint density at radius 1 is 1.32 bits per heavy atom. The number of aliphatic hydroxyl groups excluding tert-OH is 1. The van der Waals surface area contributed by atoms with Gasteiger partial charge in [0.15, 0.2) is 5.69 Å². The van der Waals surface area contributed by atoms with Crippen LogP contribution in [0.25, 0.3) is 28.1 Å². The molecule has 4 aromatic rings. The predicted octanol–water partition coefficient (Wildman–Crippen LogP) is 2.39. The number of halogens is 2. The van der Waals surface area contributed by atoms with Crippen LogP contribution in [-0.4, -0.2) is 61.7 Å². The second-order valence-electron chi connectivity index (χ2n) is 8.20. The number of alkyl halides is 1. The SMILES string of the molecule is Cc1[nH]nc(C#N)c1-c1nc(-n2cnc3cc(N[C@H]4CNC[C@H]4F)c(F)cc32)ccc1CCO. The molecule has 4 N–H and O–H groups in total. The summed E-state index contributed by atoms with van der Waals surface area (Å²) in [6.07, 6.45) is 0.782. The highest BCUT2D eigenvalue weighted by molar-refractivity contribution is 5.82. The van der Waals surface area contributed by atoms with E-state index in [0.717, 1.165) is 5.56 Å². The second-order valence-corrected chi connectivity index (χ2v) is 8.20. The van der Waals surface area contributed by atoms with Gasteiger partial charge in [-0.1, -0.05) is 6.07 Å². The van der Waals surface area contributed by atoms with E-state index < -0.39 is 18.0 Å². The smallest absolute Gasteiger partial charge is 0.171 e. The van der Waals surface area contributed by atoms with Crippen molar-refractivity contribution in [3.05, 3.63) is 53.4 Å². The Balaban J connectivity index is 1.58. The lowest BCUT2D eigenvalue weighted by Gasteiger charge is -2.16. The van der Waals surface area contributed by atoms with Gasteiger partial charge in [0.05, 0.1) is 34.0 Å². The van der Waals surface area contributed by atoms with Crippen LogP contribution >= 0.6 is 0 Å². The van der Waals surface area contributed by atoms with Crippen molar-refractivity contribution in [2.75, 3.05) is 25.0 Å². The molecule has 1 aliphatic heterocycles. The van der Waals surface area contributed by atoms with Gasteiger partial charge in [-0.3, -0.25) is 9.67 Å². The first-order valence-electron chi connectivity index (χ1n) is 10.8. The van der Waals surface area contributed by atoms with Crippen LogP contribution < -0.4 is 10.6 Å². The Kier molecular flexibility index (Phi) is 5.69. The molecular weight excluding hydrogens is 442 g/mol. The number of aromatic nitrogens is 5. The third-order valence-electron chi connectivity index (χ3n) is 6.00. The molecule has 5 rings (SSSR count). The third-order valence-corrected chi connectivity index (χ3v) is 6.00. The second kappa shape index (κ2) is 8.81. The number of nitrogens with one attached hydrogen (secondary N) is 3. The minimum Gasteiger partial charge on any atom is -0.396 e. The highest BCUT2D eigenvalue weighted by Crippen LogP contribution is 2.30. The number of imidazole rings is 1. The zero-order chi connectivity index (χ0) is 23.8. The highest BCUT2D eigenvalue weighted by atomic mass is 19.1. The van der Waals surface area contributed by atoms with E-state index in [-0.39, 0.29) is 24.5 Å². The number of nitrogens with zero attached hydrogens (tertiary/aromatic N) is 5. The fourth-order valence-electron chi connectivity index (χ4n) is 4.26. The number of aryl methyl sites for hydroxylation is 1. The molecule has 0 radical (unpaired) electrons. The molecule has 0 aliphatic carbocycles. The van der Waals surface area contributed by atoms with Crippen LogP contribution in [0.5, 0.6) is 0 Å². The van der Waals surface area contributed by atoms with Gasteiger partial charge in [0.2, 0.25) is 0 Å². The van der Waals surface area contributed by atoms with E-state index in [1.165, 1.54) is 12.4 Å². The number of benzene rings is 1. The minimum atomic E-state index is -1.10. The van der Waals surface area contributed by atoms with Crippen molar-refractivity contribution in [3.63, 3.8) is 0 Å². The molecule has 9 nitrogen and oxygen atoms in total. The number of nitriles is 1. The minimum absolute atomic E-state index is 0.0853. The summed E-state index contributed by atoms with van der Waals surface area (Å²) in [6.45, 7) is 2.36. The van der Waals surface area contributed by atoms with Crippen LogP contribution in [0, 0.1) is 24.1 Å². The van der Waals surface area contributed by atoms with E-state index in [2.05, 4.69) is 31.9 Å². The van der Waals surface area contributed by atoms with E-state index in [1.54, 1.807) is 23.6 Å².